The second kappa shape index (κ2) is 8.11. The summed E-state index contributed by atoms with van der Waals surface area (Å²) in [5.41, 5.74) is 2.12. The number of halogens is 2. The van der Waals surface area contributed by atoms with E-state index in [2.05, 4.69) is 31.4 Å². The molecule has 0 heterocycles. The third-order valence-corrected chi connectivity index (χ3v) is 4.77. The Balaban J connectivity index is 2.01. The minimum absolute atomic E-state index is 0.0417. The highest BCUT2D eigenvalue weighted by molar-refractivity contribution is 6.43. The molecule has 1 unspecified atom stereocenters. The van der Waals surface area contributed by atoms with Crippen molar-refractivity contribution in [3.63, 3.8) is 0 Å². The minimum atomic E-state index is -0.736. The van der Waals surface area contributed by atoms with Crippen LogP contribution in [0, 0.1) is 0 Å². The lowest BCUT2D eigenvalue weighted by Crippen LogP contribution is -2.41. The Morgan fingerprint density at radius 2 is 1.62 bits per heavy atom. The normalized spacial score (nSPS) is 12.4. The molecule has 6 heteroatoms. The zero-order valence-electron chi connectivity index (χ0n) is 15.2. The number of carbonyl (C=O) groups excluding carboxylic acids is 2. The summed E-state index contributed by atoms with van der Waals surface area (Å²) >= 11 is 12.0. The number of carbonyl (C=O) groups is 2. The molecule has 0 aliphatic heterocycles. The van der Waals surface area contributed by atoms with Crippen LogP contribution in [0.25, 0.3) is 0 Å². The Hall–Kier alpha value is -2.04. The molecule has 2 amide bonds. The van der Waals surface area contributed by atoms with Crippen LogP contribution in [-0.2, 0) is 10.2 Å². The van der Waals surface area contributed by atoms with Gasteiger partial charge in [0.25, 0.3) is 5.91 Å². The molecule has 2 aromatic carbocycles. The van der Waals surface area contributed by atoms with Gasteiger partial charge in [0.05, 0.1) is 15.6 Å². The fourth-order valence-corrected chi connectivity index (χ4v) is 2.71. The van der Waals surface area contributed by atoms with Crippen LogP contribution in [0.3, 0.4) is 0 Å². The van der Waals surface area contributed by atoms with Crippen molar-refractivity contribution in [1.82, 2.24) is 5.32 Å². The van der Waals surface area contributed by atoms with Crippen molar-refractivity contribution in [1.29, 1.82) is 0 Å². The Morgan fingerprint density at radius 3 is 2.19 bits per heavy atom. The van der Waals surface area contributed by atoms with Crippen LogP contribution < -0.4 is 10.6 Å². The summed E-state index contributed by atoms with van der Waals surface area (Å²) in [4.78, 5) is 24.6. The predicted molar refractivity (Wildman–Crippen MR) is 107 cm³/mol. The molecule has 0 aromatic heterocycles. The first-order valence-corrected chi connectivity index (χ1v) is 9.01. The SMILES string of the molecule is CC(NC(=O)c1cccc(Cl)c1Cl)C(=O)Nc1ccc(C(C)(C)C)cc1. The summed E-state index contributed by atoms with van der Waals surface area (Å²) in [5, 5.41) is 5.87. The number of benzene rings is 2. The van der Waals surface area contributed by atoms with E-state index in [1.807, 2.05) is 24.3 Å². The zero-order valence-corrected chi connectivity index (χ0v) is 16.7. The quantitative estimate of drug-likeness (QED) is 0.764. The number of rotatable bonds is 4. The van der Waals surface area contributed by atoms with Gasteiger partial charge in [-0.05, 0) is 42.2 Å². The lowest BCUT2D eigenvalue weighted by atomic mass is 9.87. The van der Waals surface area contributed by atoms with Gasteiger partial charge in [0.15, 0.2) is 0 Å². The van der Waals surface area contributed by atoms with Gasteiger partial charge in [-0.1, -0.05) is 62.2 Å². The van der Waals surface area contributed by atoms with E-state index in [9.17, 15) is 9.59 Å². The largest absolute Gasteiger partial charge is 0.340 e. The van der Waals surface area contributed by atoms with Gasteiger partial charge in [0.1, 0.15) is 6.04 Å². The van der Waals surface area contributed by atoms with Gasteiger partial charge in [0, 0.05) is 5.69 Å². The molecule has 0 spiro atoms. The molecule has 2 N–H and O–H groups in total. The fourth-order valence-electron chi connectivity index (χ4n) is 2.32. The van der Waals surface area contributed by atoms with E-state index in [4.69, 9.17) is 23.2 Å². The van der Waals surface area contributed by atoms with Crippen LogP contribution in [0.2, 0.25) is 10.0 Å². The molecular weight excluding hydrogens is 371 g/mol. The Bertz CT molecular complexity index is 812. The molecule has 138 valence electrons. The van der Waals surface area contributed by atoms with E-state index >= 15 is 0 Å². The van der Waals surface area contributed by atoms with E-state index < -0.39 is 11.9 Å². The molecule has 0 saturated heterocycles. The van der Waals surface area contributed by atoms with E-state index in [0.717, 1.165) is 0 Å². The van der Waals surface area contributed by atoms with Crippen molar-refractivity contribution >= 4 is 40.7 Å². The standard InChI is InChI=1S/C20H22Cl2N2O2/c1-12(23-19(26)15-6-5-7-16(21)17(15)22)18(25)24-14-10-8-13(9-11-14)20(2,3)4/h5-12H,1-4H3,(H,23,26)(H,24,25). The fraction of sp³-hybridized carbons (Fsp3) is 0.300. The number of amides is 2. The molecule has 4 nitrogen and oxygen atoms in total. The Labute approximate surface area is 163 Å². The number of anilines is 1. The van der Waals surface area contributed by atoms with Crippen molar-refractivity contribution in [3.8, 4) is 0 Å². The summed E-state index contributed by atoms with van der Waals surface area (Å²) in [6.45, 7) is 7.98. The van der Waals surface area contributed by atoms with Crippen LogP contribution in [0.4, 0.5) is 5.69 Å². The molecule has 26 heavy (non-hydrogen) atoms. The maximum atomic E-state index is 12.3. The molecular formula is C20H22Cl2N2O2. The number of nitrogens with one attached hydrogen (secondary N) is 2. The van der Waals surface area contributed by atoms with E-state index in [0.29, 0.717) is 5.69 Å². The monoisotopic (exact) mass is 392 g/mol. The molecule has 0 aliphatic carbocycles. The van der Waals surface area contributed by atoms with Gasteiger partial charge < -0.3 is 10.6 Å². The average molecular weight is 393 g/mol. The Morgan fingerprint density at radius 1 is 1.00 bits per heavy atom. The average Bonchev–Trinajstić information content (AvgIpc) is 2.56. The van der Waals surface area contributed by atoms with Crippen molar-refractivity contribution < 1.29 is 9.59 Å². The smallest absolute Gasteiger partial charge is 0.253 e. The minimum Gasteiger partial charge on any atom is -0.340 e. The molecule has 0 fully saturated rings. The highest BCUT2D eigenvalue weighted by Gasteiger charge is 2.19. The third-order valence-electron chi connectivity index (χ3n) is 3.96. The van der Waals surface area contributed by atoms with Crippen LogP contribution in [0.15, 0.2) is 42.5 Å². The maximum Gasteiger partial charge on any atom is 0.253 e. The second-order valence-electron chi connectivity index (χ2n) is 7.11. The lowest BCUT2D eigenvalue weighted by Gasteiger charge is -2.19. The van der Waals surface area contributed by atoms with Gasteiger partial charge in [-0.2, -0.15) is 0 Å². The number of hydrogen-bond donors (Lipinski definition) is 2. The Kier molecular flexibility index (Phi) is 6.32. The van der Waals surface area contributed by atoms with Gasteiger partial charge >= 0.3 is 0 Å². The van der Waals surface area contributed by atoms with Crippen molar-refractivity contribution in [3.05, 3.63) is 63.6 Å². The van der Waals surface area contributed by atoms with E-state index in [1.165, 1.54) is 5.56 Å². The van der Waals surface area contributed by atoms with Crippen LogP contribution in [-0.4, -0.2) is 17.9 Å². The molecule has 1 atom stereocenters. The van der Waals surface area contributed by atoms with Gasteiger partial charge in [-0.25, -0.2) is 0 Å². The highest BCUT2D eigenvalue weighted by atomic mass is 35.5. The first-order valence-electron chi connectivity index (χ1n) is 8.26. The summed E-state index contributed by atoms with van der Waals surface area (Å²) in [6.07, 6.45) is 0. The van der Waals surface area contributed by atoms with Crippen LogP contribution in [0.5, 0.6) is 0 Å². The van der Waals surface area contributed by atoms with Gasteiger partial charge in [-0.15, -0.1) is 0 Å². The summed E-state index contributed by atoms with van der Waals surface area (Å²) < 4.78 is 0. The summed E-state index contributed by atoms with van der Waals surface area (Å²) in [7, 11) is 0. The van der Waals surface area contributed by atoms with E-state index in [1.54, 1.807) is 25.1 Å². The van der Waals surface area contributed by atoms with Crippen molar-refractivity contribution in [2.24, 2.45) is 0 Å². The van der Waals surface area contributed by atoms with Crippen LogP contribution in [0.1, 0.15) is 43.6 Å². The second-order valence-corrected chi connectivity index (χ2v) is 7.90. The summed E-state index contributed by atoms with van der Waals surface area (Å²) in [6, 6.07) is 11.7. The first kappa shape index (κ1) is 20.3. The predicted octanol–water partition coefficient (Wildman–Crippen LogP) is 5.05. The van der Waals surface area contributed by atoms with Crippen molar-refractivity contribution in [2.75, 3.05) is 5.32 Å². The first-order chi connectivity index (χ1) is 12.1. The molecule has 2 aromatic rings. The topological polar surface area (TPSA) is 58.2 Å². The van der Waals surface area contributed by atoms with E-state index in [-0.39, 0.29) is 26.9 Å². The van der Waals surface area contributed by atoms with Crippen LogP contribution >= 0.6 is 23.2 Å². The lowest BCUT2D eigenvalue weighted by molar-refractivity contribution is -0.117. The number of hydrogen-bond acceptors (Lipinski definition) is 2. The molecule has 0 bridgehead atoms. The van der Waals surface area contributed by atoms with Gasteiger partial charge in [-0.3, -0.25) is 9.59 Å². The van der Waals surface area contributed by atoms with Crippen molar-refractivity contribution in [2.45, 2.75) is 39.2 Å². The zero-order chi connectivity index (χ0) is 19.5. The summed E-state index contributed by atoms with van der Waals surface area (Å²) in [5.74, 6) is -0.775. The molecule has 0 saturated carbocycles. The highest BCUT2D eigenvalue weighted by Crippen LogP contribution is 2.26. The molecule has 2 rings (SSSR count). The molecule has 0 aliphatic rings. The maximum absolute atomic E-state index is 12.3. The van der Waals surface area contributed by atoms with Gasteiger partial charge in [0.2, 0.25) is 5.91 Å². The molecule has 0 radical (unpaired) electrons. The third kappa shape index (κ3) is 4.99.